The first kappa shape index (κ1) is 17.2. The Bertz CT molecular complexity index is 972. The van der Waals surface area contributed by atoms with Gasteiger partial charge in [-0.1, -0.05) is 35.9 Å². The maximum Gasteiger partial charge on any atom is 0.134 e. The Morgan fingerprint density at radius 2 is 1.81 bits per heavy atom. The van der Waals surface area contributed by atoms with Crippen molar-refractivity contribution in [2.75, 3.05) is 5.32 Å². The highest BCUT2D eigenvalue weighted by Crippen LogP contribution is 2.36. The van der Waals surface area contributed by atoms with Gasteiger partial charge in [0, 0.05) is 23.6 Å². The molecule has 0 spiro atoms. The average Bonchev–Trinajstić information content (AvgIpc) is 3.17. The zero-order chi connectivity index (χ0) is 18.3. The molecule has 0 fully saturated rings. The van der Waals surface area contributed by atoms with E-state index in [-0.39, 0.29) is 0 Å². The van der Waals surface area contributed by atoms with Crippen molar-refractivity contribution in [2.45, 2.75) is 45.7 Å². The van der Waals surface area contributed by atoms with Gasteiger partial charge in [0.1, 0.15) is 5.82 Å². The Morgan fingerprint density at radius 1 is 0.962 bits per heavy atom. The third-order valence-corrected chi connectivity index (χ3v) is 6.13. The molecule has 0 atom stereocenters. The minimum Gasteiger partial charge on any atom is -0.366 e. The fraction of sp³-hybridized carbons (Fsp3) is 0.318. The lowest BCUT2D eigenvalue weighted by Gasteiger charge is -2.15. The van der Waals surface area contributed by atoms with Gasteiger partial charge < -0.3 is 5.32 Å². The van der Waals surface area contributed by atoms with E-state index in [0.717, 1.165) is 29.6 Å². The Morgan fingerprint density at radius 3 is 2.58 bits per heavy atom. The Hall–Kier alpha value is -2.20. The predicted molar refractivity (Wildman–Crippen MR) is 111 cm³/mol. The van der Waals surface area contributed by atoms with Crippen LogP contribution in [0.5, 0.6) is 0 Å². The van der Waals surface area contributed by atoms with E-state index in [1.807, 2.05) is 11.8 Å². The van der Waals surface area contributed by atoms with Crippen molar-refractivity contribution in [3.05, 3.63) is 75.5 Å². The zero-order valence-corrected chi connectivity index (χ0v) is 16.7. The van der Waals surface area contributed by atoms with Gasteiger partial charge in [0.2, 0.25) is 0 Å². The number of hydrogen-bond acceptors (Lipinski definition) is 3. The summed E-state index contributed by atoms with van der Waals surface area (Å²) in [7, 11) is 0. The largest absolute Gasteiger partial charge is 0.366 e. The molecule has 26 heavy (non-hydrogen) atoms. The van der Waals surface area contributed by atoms with Gasteiger partial charge in [-0.05, 0) is 56.0 Å². The van der Waals surface area contributed by atoms with E-state index in [4.69, 9.17) is 5.10 Å². The van der Waals surface area contributed by atoms with E-state index in [2.05, 4.69) is 74.1 Å². The smallest absolute Gasteiger partial charge is 0.134 e. The van der Waals surface area contributed by atoms with E-state index in [0.29, 0.717) is 0 Å². The minimum absolute atomic E-state index is 0.814. The summed E-state index contributed by atoms with van der Waals surface area (Å²) < 4.78 is 2.11. The van der Waals surface area contributed by atoms with Crippen LogP contribution in [0.2, 0.25) is 0 Å². The van der Waals surface area contributed by atoms with Crippen molar-refractivity contribution in [1.29, 1.82) is 0 Å². The SMILES string of the molecule is Cc1ccc(-n2nc3c(c2NCc2ccc(C)c(C)c2)CSC3)c(C)c1. The number of nitrogens with one attached hydrogen (secondary N) is 1. The lowest BCUT2D eigenvalue weighted by atomic mass is 10.1. The standard InChI is InChI=1S/C22H25N3S/c1-14-5-8-21(17(4)9-14)25-22(19-12-26-13-20(19)24-25)23-11-18-7-6-15(2)16(3)10-18/h5-10,23H,11-13H2,1-4H3. The van der Waals surface area contributed by atoms with Gasteiger partial charge in [-0.2, -0.15) is 16.9 Å². The summed E-state index contributed by atoms with van der Waals surface area (Å²) in [6.45, 7) is 9.44. The van der Waals surface area contributed by atoms with Gasteiger partial charge in [-0.15, -0.1) is 0 Å². The number of hydrogen-bond donors (Lipinski definition) is 1. The van der Waals surface area contributed by atoms with Crippen LogP contribution in [0.1, 0.15) is 39.1 Å². The highest BCUT2D eigenvalue weighted by atomic mass is 32.2. The summed E-state index contributed by atoms with van der Waals surface area (Å²) in [6.07, 6.45) is 0. The molecular formula is C22H25N3S. The molecule has 0 aliphatic carbocycles. The second-order valence-electron chi connectivity index (χ2n) is 7.24. The number of rotatable bonds is 4. The molecule has 3 nitrogen and oxygen atoms in total. The van der Waals surface area contributed by atoms with E-state index in [9.17, 15) is 0 Å². The van der Waals surface area contributed by atoms with Gasteiger partial charge in [-0.25, -0.2) is 4.68 Å². The number of thioether (sulfide) groups is 1. The molecule has 1 aromatic heterocycles. The number of anilines is 1. The summed E-state index contributed by atoms with van der Waals surface area (Å²) in [5, 5.41) is 8.61. The van der Waals surface area contributed by atoms with Crippen LogP contribution in [0.15, 0.2) is 36.4 Å². The molecule has 2 aromatic carbocycles. The topological polar surface area (TPSA) is 29.9 Å². The minimum atomic E-state index is 0.814. The first-order valence-electron chi connectivity index (χ1n) is 9.09. The normalized spacial score (nSPS) is 13.1. The van der Waals surface area contributed by atoms with Gasteiger partial charge in [0.15, 0.2) is 0 Å². The van der Waals surface area contributed by atoms with Crippen LogP contribution in [0.25, 0.3) is 5.69 Å². The molecule has 0 unspecified atom stereocenters. The molecule has 0 saturated carbocycles. The van der Waals surface area contributed by atoms with E-state index < -0.39 is 0 Å². The van der Waals surface area contributed by atoms with Gasteiger partial charge in [-0.3, -0.25) is 0 Å². The van der Waals surface area contributed by atoms with Crippen molar-refractivity contribution in [3.8, 4) is 5.69 Å². The molecule has 1 N–H and O–H groups in total. The van der Waals surface area contributed by atoms with Crippen molar-refractivity contribution >= 4 is 17.6 Å². The van der Waals surface area contributed by atoms with Crippen molar-refractivity contribution in [3.63, 3.8) is 0 Å². The lowest BCUT2D eigenvalue weighted by Crippen LogP contribution is -2.09. The fourth-order valence-electron chi connectivity index (χ4n) is 3.51. The first-order chi connectivity index (χ1) is 12.5. The summed E-state index contributed by atoms with van der Waals surface area (Å²) in [5.74, 6) is 3.19. The highest BCUT2D eigenvalue weighted by Gasteiger charge is 2.23. The lowest BCUT2D eigenvalue weighted by molar-refractivity contribution is 0.849. The summed E-state index contributed by atoms with van der Waals surface area (Å²) in [6, 6.07) is 13.3. The van der Waals surface area contributed by atoms with E-state index in [1.165, 1.54) is 39.1 Å². The maximum absolute atomic E-state index is 4.93. The van der Waals surface area contributed by atoms with Crippen LogP contribution in [-0.2, 0) is 18.1 Å². The summed E-state index contributed by atoms with van der Waals surface area (Å²) in [5.41, 5.74) is 10.3. The van der Waals surface area contributed by atoms with Crippen molar-refractivity contribution in [1.82, 2.24) is 9.78 Å². The Kier molecular flexibility index (Phi) is 4.53. The zero-order valence-electron chi connectivity index (χ0n) is 15.9. The molecule has 1 aliphatic heterocycles. The molecule has 0 radical (unpaired) electrons. The third kappa shape index (κ3) is 3.14. The number of benzene rings is 2. The molecule has 4 heteroatoms. The van der Waals surface area contributed by atoms with E-state index in [1.54, 1.807) is 0 Å². The molecule has 2 heterocycles. The quantitative estimate of drug-likeness (QED) is 0.667. The van der Waals surface area contributed by atoms with Crippen LogP contribution in [0, 0.1) is 27.7 Å². The second-order valence-corrected chi connectivity index (χ2v) is 8.23. The number of aromatic nitrogens is 2. The van der Waals surface area contributed by atoms with Gasteiger partial charge in [0.25, 0.3) is 0 Å². The molecule has 0 amide bonds. The third-order valence-electron chi connectivity index (χ3n) is 5.16. The second kappa shape index (κ2) is 6.84. The maximum atomic E-state index is 4.93. The number of nitrogens with zero attached hydrogens (tertiary/aromatic N) is 2. The van der Waals surface area contributed by atoms with Crippen LogP contribution in [0.4, 0.5) is 5.82 Å². The van der Waals surface area contributed by atoms with Gasteiger partial charge in [0.05, 0.1) is 11.4 Å². The molecular weight excluding hydrogens is 338 g/mol. The van der Waals surface area contributed by atoms with Crippen LogP contribution in [-0.4, -0.2) is 9.78 Å². The summed E-state index contributed by atoms with van der Waals surface area (Å²) in [4.78, 5) is 0. The van der Waals surface area contributed by atoms with E-state index >= 15 is 0 Å². The van der Waals surface area contributed by atoms with Crippen molar-refractivity contribution < 1.29 is 0 Å². The van der Waals surface area contributed by atoms with Crippen molar-refractivity contribution in [2.24, 2.45) is 0 Å². The fourth-order valence-corrected chi connectivity index (χ4v) is 4.55. The van der Waals surface area contributed by atoms with Crippen LogP contribution in [0.3, 0.4) is 0 Å². The Labute approximate surface area is 159 Å². The molecule has 0 bridgehead atoms. The number of aryl methyl sites for hydroxylation is 4. The monoisotopic (exact) mass is 363 g/mol. The first-order valence-corrected chi connectivity index (χ1v) is 10.2. The van der Waals surface area contributed by atoms with Crippen LogP contribution >= 0.6 is 11.8 Å². The molecule has 3 aromatic rings. The van der Waals surface area contributed by atoms with Gasteiger partial charge >= 0.3 is 0 Å². The molecule has 4 rings (SSSR count). The number of fused-ring (bicyclic) bond motifs is 1. The Balaban J connectivity index is 1.69. The highest BCUT2D eigenvalue weighted by molar-refractivity contribution is 7.98. The molecule has 134 valence electrons. The predicted octanol–water partition coefficient (Wildman–Crippen LogP) is 5.46. The molecule has 0 saturated heterocycles. The molecule has 1 aliphatic rings. The summed E-state index contributed by atoms with van der Waals surface area (Å²) >= 11 is 1.94. The average molecular weight is 364 g/mol. The van der Waals surface area contributed by atoms with Crippen LogP contribution < -0.4 is 5.32 Å².